The second-order valence-corrected chi connectivity index (χ2v) is 16.4. The van der Waals surface area contributed by atoms with Crippen molar-refractivity contribution in [2.24, 2.45) is 0 Å². The number of phenolic OH excluding ortho intramolecular Hbond substituents is 1. The number of fused-ring (bicyclic) bond motifs is 11. The van der Waals surface area contributed by atoms with Crippen molar-refractivity contribution in [3.63, 3.8) is 0 Å². The molecule has 13 nitrogen and oxygen atoms in total. The number of aliphatic hydroxyl groups excluding tert-OH is 1. The molecule has 2 fully saturated rings. The number of aromatic amines is 1. The van der Waals surface area contributed by atoms with Gasteiger partial charge in [0.1, 0.15) is 18.6 Å². The quantitative estimate of drug-likeness (QED) is 0.171. The smallest absolute Gasteiger partial charge is 0.333 e. The van der Waals surface area contributed by atoms with E-state index in [1.165, 1.54) is 6.92 Å². The molecule has 4 bridgehead atoms. The summed E-state index contributed by atoms with van der Waals surface area (Å²) in [6.07, 6.45) is 0.205. The van der Waals surface area contributed by atoms with Gasteiger partial charge in [0, 0.05) is 58.4 Å². The molecular weight excluding hydrogens is 713 g/mol. The van der Waals surface area contributed by atoms with Gasteiger partial charge in [0.2, 0.25) is 6.79 Å². The minimum Gasteiger partial charge on any atom is -0.504 e. The lowest BCUT2D eigenvalue weighted by atomic mass is 9.73. The van der Waals surface area contributed by atoms with Gasteiger partial charge in [-0.2, -0.15) is 0 Å². The van der Waals surface area contributed by atoms with Gasteiger partial charge in [0.25, 0.3) is 0 Å². The van der Waals surface area contributed by atoms with Crippen LogP contribution in [0, 0.1) is 13.8 Å². The zero-order chi connectivity index (χ0) is 37.4. The Bertz CT molecular complexity index is 2290. The number of carbonyl (C=O) groups is 2. The van der Waals surface area contributed by atoms with Crippen LogP contribution in [0.1, 0.15) is 68.9 Å². The molecule has 54 heavy (non-hydrogen) atoms. The molecule has 3 unspecified atom stereocenters. The molecule has 11 rings (SSSR count). The third kappa shape index (κ3) is 4.42. The number of aromatic hydroxyl groups is 1. The number of methoxy groups -OCH3 is 1. The number of aromatic nitrogens is 1. The van der Waals surface area contributed by atoms with Gasteiger partial charge in [-0.1, -0.05) is 24.3 Å². The molecule has 0 saturated carbocycles. The molecule has 0 radical (unpaired) electrons. The van der Waals surface area contributed by atoms with Crippen LogP contribution in [-0.2, 0) is 32.7 Å². The maximum atomic E-state index is 14.8. The fourth-order valence-electron chi connectivity index (χ4n) is 10.4. The Balaban J connectivity index is 1.24. The average Bonchev–Trinajstić information content (AvgIpc) is 3.80. The van der Waals surface area contributed by atoms with E-state index in [9.17, 15) is 19.8 Å². The molecular formula is C40H42N4O9S. The van der Waals surface area contributed by atoms with Crippen LogP contribution in [0.25, 0.3) is 10.9 Å². The summed E-state index contributed by atoms with van der Waals surface area (Å²) in [5.41, 5.74) is 6.07. The van der Waals surface area contributed by atoms with Crippen LogP contribution in [0.4, 0.5) is 0 Å². The van der Waals surface area contributed by atoms with Crippen LogP contribution in [0.5, 0.6) is 28.7 Å². The second kappa shape index (κ2) is 12.0. The van der Waals surface area contributed by atoms with E-state index in [0.29, 0.717) is 47.1 Å². The predicted molar refractivity (Wildman–Crippen MR) is 198 cm³/mol. The molecule has 14 heteroatoms. The van der Waals surface area contributed by atoms with Crippen LogP contribution in [-0.4, -0.2) is 95.1 Å². The van der Waals surface area contributed by atoms with E-state index in [1.807, 2.05) is 44.0 Å². The van der Waals surface area contributed by atoms with Crippen LogP contribution in [0.2, 0.25) is 0 Å². The van der Waals surface area contributed by atoms with Crippen molar-refractivity contribution in [1.29, 1.82) is 0 Å². The van der Waals surface area contributed by atoms with E-state index in [1.54, 1.807) is 18.9 Å². The molecule has 4 N–H and O–H groups in total. The van der Waals surface area contributed by atoms with E-state index in [-0.39, 0.29) is 30.9 Å². The largest absolute Gasteiger partial charge is 0.504 e. The van der Waals surface area contributed by atoms with Crippen molar-refractivity contribution in [1.82, 2.24) is 20.1 Å². The maximum Gasteiger partial charge on any atom is 0.333 e. The summed E-state index contributed by atoms with van der Waals surface area (Å²) in [6.45, 7) is 5.54. The Morgan fingerprint density at radius 3 is 2.69 bits per heavy atom. The average molecular weight is 755 g/mol. The van der Waals surface area contributed by atoms with Crippen molar-refractivity contribution >= 4 is 34.6 Å². The number of hydrogen-bond donors (Lipinski definition) is 4. The zero-order valence-electron chi connectivity index (χ0n) is 30.6. The summed E-state index contributed by atoms with van der Waals surface area (Å²) in [6, 6.07) is 8.07. The Hall–Kier alpha value is -4.47. The van der Waals surface area contributed by atoms with Crippen LogP contribution >= 0.6 is 11.8 Å². The number of aliphatic hydroxyl groups is 1. The van der Waals surface area contributed by atoms with Gasteiger partial charge < -0.3 is 38.9 Å². The number of ether oxygens (including phenoxy) is 5. The van der Waals surface area contributed by atoms with E-state index in [2.05, 4.69) is 27.3 Å². The second-order valence-electron chi connectivity index (χ2n) is 15.3. The van der Waals surface area contributed by atoms with Gasteiger partial charge >= 0.3 is 11.9 Å². The number of hydrogen-bond acceptors (Lipinski definition) is 13. The zero-order valence-corrected chi connectivity index (χ0v) is 31.5. The molecule has 282 valence electrons. The first-order chi connectivity index (χ1) is 26.1. The van der Waals surface area contributed by atoms with Gasteiger partial charge in [-0.25, -0.2) is 4.79 Å². The number of rotatable bonds is 2. The molecule has 1 spiro atoms. The van der Waals surface area contributed by atoms with Crippen LogP contribution < -0.4 is 24.3 Å². The third-order valence-electron chi connectivity index (χ3n) is 12.6. The number of esters is 2. The molecule has 7 aliphatic heterocycles. The molecule has 7 atom stereocenters. The van der Waals surface area contributed by atoms with E-state index < -0.39 is 47.1 Å². The number of carbonyl (C=O) groups excluding carboxylic acids is 2. The van der Waals surface area contributed by atoms with Crippen LogP contribution in [0.3, 0.4) is 0 Å². The lowest BCUT2D eigenvalue weighted by molar-refractivity contribution is -0.186. The van der Waals surface area contributed by atoms with Crippen molar-refractivity contribution < 1.29 is 43.5 Å². The normalized spacial score (nSPS) is 29.6. The molecule has 2 saturated heterocycles. The molecule has 1 aromatic heterocycles. The Morgan fingerprint density at radius 2 is 1.89 bits per heavy atom. The van der Waals surface area contributed by atoms with Crippen molar-refractivity contribution in [3.05, 3.63) is 75.0 Å². The minimum atomic E-state index is -1.23. The topological polar surface area (TPSA) is 155 Å². The number of phenols is 1. The van der Waals surface area contributed by atoms with E-state index >= 15 is 0 Å². The Kier molecular flexibility index (Phi) is 7.58. The first-order valence-electron chi connectivity index (χ1n) is 18.4. The number of benzene rings is 3. The van der Waals surface area contributed by atoms with Crippen molar-refractivity contribution in [2.75, 3.05) is 39.9 Å². The Morgan fingerprint density at radius 1 is 1.09 bits per heavy atom. The number of nitrogens with zero attached hydrogens (tertiary/aromatic N) is 2. The number of aryl methyl sites for hydroxylation is 1. The molecule has 0 aliphatic carbocycles. The fourth-order valence-corrected chi connectivity index (χ4v) is 12.1. The lowest BCUT2D eigenvalue weighted by Crippen LogP contribution is -2.70. The number of para-hydroxylation sites is 1. The van der Waals surface area contributed by atoms with Crippen molar-refractivity contribution in [2.45, 2.75) is 74.8 Å². The van der Waals surface area contributed by atoms with Crippen molar-refractivity contribution in [3.8, 4) is 28.7 Å². The van der Waals surface area contributed by atoms with Crippen LogP contribution in [0.15, 0.2) is 30.3 Å². The highest BCUT2D eigenvalue weighted by atomic mass is 32.2. The lowest BCUT2D eigenvalue weighted by Gasteiger charge is -2.62. The van der Waals surface area contributed by atoms with E-state index in [4.69, 9.17) is 23.7 Å². The van der Waals surface area contributed by atoms with Gasteiger partial charge in [-0.3, -0.25) is 19.9 Å². The van der Waals surface area contributed by atoms with Gasteiger partial charge in [0.15, 0.2) is 28.5 Å². The third-order valence-corrected chi connectivity index (χ3v) is 14.1. The highest BCUT2D eigenvalue weighted by Gasteiger charge is 2.61. The maximum absolute atomic E-state index is 14.8. The number of thioether (sulfide) groups is 1. The molecule has 7 aliphatic rings. The number of H-pyrrole nitrogens is 1. The molecule has 4 aromatic rings. The van der Waals surface area contributed by atoms with E-state index in [0.717, 1.165) is 50.8 Å². The molecule has 8 heterocycles. The Labute approximate surface area is 315 Å². The number of piperazine rings is 1. The first-order valence-corrected chi connectivity index (χ1v) is 19.5. The predicted octanol–water partition coefficient (Wildman–Crippen LogP) is 4.18. The highest BCUT2D eigenvalue weighted by molar-refractivity contribution is 7.99. The van der Waals surface area contributed by atoms with Gasteiger partial charge in [-0.05, 0) is 56.5 Å². The summed E-state index contributed by atoms with van der Waals surface area (Å²) in [5, 5.41) is 28.7. The molecule has 0 amide bonds. The fraction of sp³-hybridized carbons (Fsp3) is 0.450. The number of likely N-dealkylation sites (N-methyl/N-ethyl adjacent to an activating group) is 1. The summed E-state index contributed by atoms with van der Waals surface area (Å²) in [7, 11) is 3.54. The highest BCUT2D eigenvalue weighted by Crippen LogP contribution is 2.64. The SMILES string of the molecule is COc1c(C)cc2c(c1O)C1C3[C@H]4SC[C@]5(NCCc6c5[nH]c5ccccc65)C(=O)OC[C@@H](c5c6c(c(C)c(OC(C)=O)c54)OCO6)N3[C@@H](O)C(C2)N1C. The van der Waals surface area contributed by atoms with Gasteiger partial charge in [-0.15, -0.1) is 11.8 Å². The summed E-state index contributed by atoms with van der Waals surface area (Å²) in [5.74, 6) is 1.13. The monoisotopic (exact) mass is 754 g/mol. The first kappa shape index (κ1) is 34.1. The molecule has 3 aromatic carbocycles. The standard InChI is InChI=1S/C40H42N4O9S/c1-17-12-20-13-24-38(47)44-25-14-50-39(48)40(37-22(10-11-41-40)21-8-6-7-9-23(21)42-37)15-54-36(30(44)29(43(24)4)26(20)31(46)32(17)49-5)28-27(25)35-34(51-16-52-35)18(2)33(28)53-19(3)45/h6-9,12,24-25,29-30,36,38,41-42,46-47H,10-11,13-16H2,1-5H3/t24?,25-,29?,30?,36-,38-,40+/m0/s1. The summed E-state index contributed by atoms with van der Waals surface area (Å²) in [4.78, 5) is 35.5. The van der Waals surface area contributed by atoms with Gasteiger partial charge in [0.05, 0.1) is 36.2 Å². The summed E-state index contributed by atoms with van der Waals surface area (Å²) >= 11 is 1.54. The minimum absolute atomic E-state index is 0.0347. The summed E-state index contributed by atoms with van der Waals surface area (Å²) < 4.78 is 30.6. The number of nitrogens with one attached hydrogen (secondary N) is 2.